The molecule has 0 aliphatic heterocycles. The van der Waals surface area contributed by atoms with Gasteiger partial charge in [-0.2, -0.15) is 0 Å². The van der Waals surface area contributed by atoms with Gasteiger partial charge in [-0.1, -0.05) is 33.8 Å². The van der Waals surface area contributed by atoms with Crippen LogP contribution in [0.2, 0.25) is 0 Å². The maximum atomic E-state index is 4.23. The predicted molar refractivity (Wildman–Crippen MR) is 89.6 cm³/mol. The smallest absolute Gasteiger partial charge is 0.0468 e. The minimum atomic E-state index is 0.177. The minimum absolute atomic E-state index is 0.177. The first kappa shape index (κ1) is 13.9. The van der Waals surface area contributed by atoms with Gasteiger partial charge in [-0.05, 0) is 47.2 Å². The van der Waals surface area contributed by atoms with E-state index in [1.807, 2.05) is 12.4 Å². The number of aryl methyl sites for hydroxylation is 1. The Morgan fingerprint density at radius 3 is 2.62 bits per heavy atom. The molecule has 3 aromatic rings. The van der Waals surface area contributed by atoms with Crippen molar-refractivity contribution in [3.8, 4) is 11.3 Å². The van der Waals surface area contributed by atoms with E-state index in [0.29, 0.717) is 0 Å². The maximum Gasteiger partial charge on any atom is 0.0468 e. The van der Waals surface area contributed by atoms with Gasteiger partial charge in [0.05, 0.1) is 0 Å². The van der Waals surface area contributed by atoms with E-state index in [2.05, 4.69) is 68.0 Å². The van der Waals surface area contributed by atoms with Crippen LogP contribution < -0.4 is 0 Å². The highest BCUT2D eigenvalue weighted by Crippen LogP contribution is 2.30. The number of pyridine rings is 1. The van der Waals surface area contributed by atoms with Crippen molar-refractivity contribution in [3.05, 3.63) is 53.9 Å². The molecule has 108 valence electrons. The molecule has 2 aromatic heterocycles. The second-order valence-corrected chi connectivity index (χ2v) is 6.62. The highest BCUT2D eigenvalue weighted by molar-refractivity contribution is 5.87. The van der Waals surface area contributed by atoms with Crippen LogP contribution in [0.25, 0.3) is 22.2 Å². The summed E-state index contributed by atoms with van der Waals surface area (Å²) in [4.78, 5) is 7.77. The molecule has 0 saturated carbocycles. The number of aromatic nitrogens is 2. The van der Waals surface area contributed by atoms with Gasteiger partial charge in [-0.15, -0.1) is 0 Å². The molecule has 3 rings (SSSR count). The number of aromatic amines is 1. The standard InChI is InChI=1S/C19H22N2/c1-5-13-12-20-9-8-16(13)18-11-14-10-15(19(2,3)4)6-7-17(14)21-18/h6-12,21H,5H2,1-4H3. The Balaban J connectivity index is 2.13. The third-order valence-corrected chi connectivity index (χ3v) is 4.06. The van der Waals surface area contributed by atoms with E-state index in [1.165, 1.54) is 33.3 Å². The average molecular weight is 278 g/mol. The first-order chi connectivity index (χ1) is 9.99. The molecule has 2 nitrogen and oxygen atoms in total. The van der Waals surface area contributed by atoms with Gasteiger partial charge in [-0.25, -0.2) is 0 Å². The number of rotatable bonds is 2. The fourth-order valence-electron chi connectivity index (χ4n) is 2.72. The zero-order valence-corrected chi connectivity index (χ0v) is 13.2. The summed E-state index contributed by atoms with van der Waals surface area (Å²) in [5.41, 5.74) is 6.44. The molecule has 0 amide bonds. The second-order valence-electron chi connectivity index (χ2n) is 6.62. The van der Waals surface area contributed by atoms with Crippen molar-refractivity contribution in [2.75, 3.05) is 0 Å². The lowest BCUT2D eigenvalue weighted by atomic mass is 9.86. The summed E-state index contributed by atoms with van der Waals surface area (Å²) >= 11 is 0. The summed E-state index contributed by atoms with van der Waals surface area (Å²) in [6, 6.07) is 11.0. The minimum Gasteiger partial charge on any atom is -0.355 e. The molecule has 0 aliphatic rings. The number of fused-ring (bicyclic) bond motifs is 1. The second kappa shape index (κ2) is 5.03. The molecule has 0 atom stereocenters. The van der Waals surface area contributed by atoms with Crippen LogP contribution in [0.3, 0.4) is 0 Å². The van der Waals surface area contributed by atoms with Gasteiger partial charge < -0.3 is 4.98 Å². The van der Waals surface area contributed by atoms with Gasteiger partial charge in [0.2, 0.25) is 0 Å². The first-order valence-electron chi connectivity index (χ1n) is 7.55. The fraction of sp³-hybridized carbons (Fsp3) is 0.316. The van der Waals surface area contributed by atoms with E-state index in [0.717, 1.165) is 6.42 Å². The van der Waals surface area contributed by atoms with Gasteiger partial charge >= 0.3 is 0 Å². The molecule has 0 unspecified atom stereocenters. The Morgan fingerprint density at radius 1 is 1.10 bits per heavy atom. The molecule has 1 N–H and O–H groups in total. The van der Waals surface area contributed by atoms with Crippen molar-refractivity contribution >= 4 is 10.9 Å². The number of nitrogens with zero attached hydrogens (tertiary/aromatic N) is 1. The Hall–Kier alpha value is -2.09. The number of benzene rings is 1. The summed E-state index contributed by atoms with van der Waals surface area (Å²) in [7, 11) is 0. The van der Waals surface area contributed by atoms with Crippen molar-refractivity contribution in [2.24, 2.45) is 0 Å². The van der Waals surface area contributed by atoms with Gasteiger partial charge in [0.25, 0.3) is 0 Å². The van der Waals surface area contributed by atoms with E-state index in [-0.39, 0.29) is 5.41 Å². The first-order valence-corrected chi connectivity index (χ1v) is 7.55. The van der Waals surface area contributed by atoms with Crippen LogP contribution in [0.15, 0.2) is 42.7 Å². The molecule has 0 radical (unpaired) electrons. The Bertz CT molecular complexity index is 776. The summed E-state index contributed by atoms with van der Waals surface area (Å²) in [6.07, 6.45) is 4.81. The monoisotopic (exact) mass is 278 g/mol. The Labute approximate surface area is 126 Å². The molecule has 0 spiro atoms. The van der Waals surface area contributed by atoms with E-state index in [1.54, 1.807) is 0 Å². The van der Waals surface area contributed by atoms with Crippen LogP contribution in [-0.4, -0.2) is 9.97 Å². The van der Waals surface area contributed by atoms with Crippen molar-refractivity contribution in [3.63, 3.8) is 0 Å². The van der Waals surface area contributed by atoms with Gasteiger partial charge in [0.1, 0.15) is 0 Å². The lowest BCUT2D eigenvalue weighted by molar-refractivity contribution is 0.591. The van der Waals surface area contributed by atoms with Crippen molar-refractivity contribution in [2.45, 2.75) is 39.5 Å². The number of nitrogens with one attached hydrogen (secondary N) is 1. The fourth-order valence-corrected chi connectivity index (χ4v) is 2.72. The van der Waals surface area contributed by atoms with Crippen LogP contribution in [0, 0.1) is 0 Å². The molecular weight excluding hydrogens is 256 g/mol. The molecule has 2 heterocycles. The molecule has 21 heavy (non-hydrogen) atoms. The van der Waals surface area contributed by atoms with E-state index < -0.39 is 0 Å². The predicted octanol–water partition coefficient (Wildman–Crippen LogP) is 5.09. The van der Waals surface area contributed by atoms with E-state index in [9.17, 15) is 0 Å². The van der Waals surface area contributed by atoms with Crippen molar-refractivity contribution in [1.29, 1.82) is 0 Å². The molecule has 0 saturated heterocycles. The lowest BCUT2D eigenvalue weighted by Gasteiger charge is -2.18. The normalized spacial score (nSPS) is 12.0. The summed E-state index contributed by atoms with van der Waals surface area (Å²) < 4.78 is 0. The van der Waals surface area contributed by atoms with Crippen molar-refractivity contribution in [1.82, 2.24) is 9.97 Å². The van der Waals surface area contributed by atoms with Gasteiger partial charge in [0, 0.05) is 34.6 Å². The van der Waals surface area contributed by atoms with Crippen LogP contribution in [0.4, 0.5) is 0 Å². The van der Waals surface area contributed by atoms with E-state index >= 15 is 0 Å². The highest BCUT2D eigenvalue weighted by atomic mass is 14.7. The molecule has 2 heteroatoms. The Morgan fingerprint density at radius 2 is 1.90 bits per heavy atom. The molecule has 0 fully saturated rings. The third kappa shape index (κ3) is 2.58. The lowest BCUT2D eigenvalue weighted by Crippen LogP contribution is -2.10. The molecular formula is C19H22N2. The van der Waals surface area contributed by atoms with Crippen LogP contribution in [0.1, 0.15) is 38.8 Å². The highest BCUT2D eigenvalue weighted by Gasteiger charge is 2.15. The molecule has 0 aliphatic carbocycles. The largest absolute Gasteiger partial charge is 0.355 e. The molecule has 0 bridgehead atoms. The maximum absolute atomic E-state index is 4.23. The number of H-pyrrole nitrogens is 1. The SMILES string of the molecule is CCc1cnccc1-c1cc2cc(C(C)(C)C)ccc2[nH]1. The van der Waals surface area contributed by atoms with Crippen LogP contribution in [0.5, 0.6) is 0 Å². The van der Waals surface area contributed by atoms with Crippen molar-refractivity contribution < 1.29 is 0 Å². The topological polar surface area (TPSA) is 28.7 Å². The summed E-state index contributed by atoms with van der Waals surface area (Å²) in [5.74, 6) is 0. The quantitative estimate of drug-likeness (QED) is 0.695. The number of hydrogen-bond acceptors (Lipinski definition) is 1. The van der Waals surface area contributed by atoms with E-state index in [4.69, 9.17) is 0 Å². The average Bonchev–Trinajstić information content (AvgIpc) is 2.89. The van der Waals surface area contributed by atoms with Gasteiger partial charge in [0.15, 0.2) is 0 Å². The zero-order valence-electron chi connectivity index (χ0n) is 13.2. The zero-order chi connectivity index (χ0) is 15.0. The number of hydrogen-bond donors (Lipinski definition) is 1. The third-order valence-electron chi connectivity index (χ3n) is 4.06. The summed E-state index contributed by atoms with van der Waals surface area (Å²) in [6.45, 7) is 8.92. The molecule has 1 aromatic carbocycles. The van der Waals surface area contributed by atoms with Crippen LogP contribution >= 0.6 is 0 Å². The Kier molecular flexibility index (Phi) is 3.32. The van der Waals surface area contributed by atoms with Crippen LogP contribution in [-0.2, 0) is 11.8 Å². The summed E-state index contributed by atoms with van der Waals surface area (Å²) in [5, 5.41) is 1.27. The van der Waals surface area contributed by atoms with Gasteiger partial charge in [-0.3, -0.25) is 4.98 Å².